The molecule has 0 aliphatic carbocycles. The molecule has 0 bridgehead atoms. The van der Waals surface area contributed by atoms with Crippen LogP contribution in [0, 0.1) is 0 Å². The van der Waals surface area contributed by atoms with Gasteiger partial charge in [-0.1, -0.05) is 0 Å². The molecule has 1 atom stereocenters. The Kier molecular flexibility index (Phi) is 3.05. The van der Waals surface area contributed by atoms with Gasteiger partial charge in [0.15, 0.2) is 0 Å². The fourth-order valence-electron chi connectivity index (χ4n) is 1.31. The van der Waals surface area contributed by atoms with Crippen molar-refractivity contribution in [1.29, 1.82) is 0 Å². The lowest BCUT2D eigenvalue weighted by Crippen LogP contribution is -2.50. The summed E-state index contributed by atoms with van der Waals surface area (Å²) in [5.74, 6) is -0.361. The van der Waals surface area contributed by atoms with Crippen LogP contribution in [-0.4, -0.2) is 42.6 Å². The second-order valence-electron chi connectivity index (χ2n) is 3.35. The summed E-state index contributed by atoms with van der Waals surface area (Å²) >= 11 is 0. The van der Waals surface area contributed by atoms with Crippen LogP contribution in [0.2, 0.25) is 0 Å². The van der Waals surface area contributed by atoms with Crippen LogP contribution in [0.3, 0.4) is 0 Å². The minimum atomic E-state index is -0.416. The fraction of sp³-hybridized carbons (Fsp3) is 0.875. The third-order valence-corrected chi connectivity index (χ3v) is 2.15. The van der Waals surface area contributed by atoms with Crippen molar-refractivity contribution in [2.45, 2.75) is 26.0 Å². The molecule has 1 amide bonds. The van der Waals surface area contributed by atoms with Crippen molar-refractivity contribution in [1.82, 2.24) is 4.90 Å². The molecule has 4 nitrogen and oxygen atoms in total. The van der Waals surface area contributed by atoms with E-state index in [-0.39, 0.29) is 5.91 Å². The number of amides is 1. The van der Waals surface area contributed by atoms with Crippen molar-refractivity contribution in [2.75, 3.05) is 19.7 Å². The van der Waals surface area contributed by atoms with Gasteiger partial charge < -0.3 is 10.5 Å². The maximum atomic E-state index is 10.8. The van der Waals surface area contributed by atoms with Gasteiger partial charge in [0.05, 0.1) is 6.61 Å². The van der Waals surface area contributed by atoms with Gasteiger partial charge in [-0.3, -0.25) is 9.69 Å². The molecular formula is C8H16N2O2. The molecule has 4 heteroatoms. The van der Waals surface area contributed by atoms with Gasteiger partial charge in [-0.05, 0) is 13.8 Å². The number of hydrogen-bond donors (Lipinski definition) is 1. The van der Waals surface area contributed by atoms with Crippen molar-refractivity contribution < 1.29 is 9.53 Å². The molecule has 1 heterocycles. The largest absolute Gasteiger partial charge is 0.367 e. The first-order valence-electron chi connectivity index (χ1n) is 4.26. The first-order valence-corrected chi connectivity index (χ1v) is 4.26. The Hall–Kier alpha value is -0.610. The first-order chi connectivity index (χ1) is 5.61. The SMILES string of the molecule is CC(C)N1CCO[C@@H](C(N)=O)C1. The van der Waals surface area contributed by atoms with Crippen molar-refractivity contribution in [2.24, 2.45) is 5.73 Å². The lowest BCUT2D eigenvalue weighted by molar-refractivity contribution is -0.135. The van der Waals surface area contributed by atoms with Crippen molar-refractivity contribution >= 4 is 5.91 Å². The molecule has 0 spiro atoms. The van der Waals surface area contributed by atoms with Gasteiger partial charge >= 0.3 is 0 Å². The Morgan fingerprint density at radius 2 is 2.33 bits per heavy atom. The van der Waals surface area contributed by atoms with Gasteiger partial charge in [0.25, 0.3) is 0 Å². The van der Waals surface area contributed by atoms with Crippen molar-refractivity contribution in [3.8, 4) is 0 Å². The van der Waals surface area contributed by atoms with Gasteiger partial charge in [-0.2, -0.15) is 0 Å². The Bertz CT molecular complexity index is 170. The quantitative estimate of drug-likeness (QED) is 0.615. The summed E-state index contributed by atoms with van der Waals surface area (Å²) in [6, 6.07) is 0.454. The third kappa shape index (κ3) is 2.19. The molecule has 1 aliphatic heterocycles. The van der Waals surface area contributed by atoms with E-state index in [2.05, 4.69) is 18.7 Å². The molecular weight excluding hydrogens is 156 g/mol. The molecule has 1 rings (SSSR count). The fourth-order valence-corrected chi connectivity index (χ4v) is 1.31. The third-order valence-electron chi connectivity index (χ3n) is 2.15. The summed E-state index contributed by atoms with van der Waals surface area (Å²) in [5, 5.41) is 0. The van der Waals surface area contributed by atoms with Crippen LogP contribution in [0.25, 0.3) is 0 Å². The minimum absolute atomic E-state index is 0.361. The zero-order valence-corrected chi connectivity index (χ0v) is 7.62. The number of nitrogens with zero attached hydrogens (tertiary/aromatic N) is 1. The number of carbonyl (C=O) groups excluding carboxylic acids is 1. The van der Waals surface area contributed by atoms with E-state index >= 15 is 0 Å². The molecule has 0 radical (unpaired) electrons. The normalized spacial score (nSPS) is 26.1. The van der Waals surface area contributed by atoms with E-state index in [1.807, 2.05) is 0 Å². The zero-order chi connectivity index (χ0) is 9.14. The smallest absolute Gasteiger partial charge is 0.247 e. The Labute approximate surface area is 72.7 Å². The number of carbonyl (C=O) groups is 1. The van der Waals surface area contributed by atoms with Crippen LogP contribution in [0.1, 0.15) is 13.8 Å². The summed E-state index contributed by atoms with van der Waals surface area (Å²) < 4.78 is 5.20. The van der Waals surface area contributed by atoms with E-state index in [4.69, 9.17) is 10.5 Å². The van der Waals surface area contributed by atoms with Crippen LogP contribution in [-0.2, 0) is 9.53 Å². The zero-order valence-electron chi connectivity index (χ0n) is 7.62. The summed E-state index contributed by atoms with van der Waals surface area (Å²) in [6.07, 6.45) is -0.416. The molecule has 70 valence electrons. The minimum Gasteiger partial charge on any atom is -0.367 e. The van der Waals surface area contributed by atoms with E-state index in [1.54, 1.807) is 0 Å². The Morgan fingerprint density at radius 1 is 1.67 bits per heavy atom. The number of hydrogen-bond acceptors (Lipinski definition) is 3. The molecule has 12 heavy (non-hydrogen) atoms. The number of primary amides is 1. The Balaban J connectivity index is 2.46. The Morgan fingerprint density at radius 3 is 2.83 bits per heavy atom. The first kappa shape index (κ1) is 9.48. The summed E-state index contributed by atoms with van der Waals surface area (Å²) in [4.78, 5) is 13.0. The highest BCUT2D eigenvalue weighted by molar-refractivity contribution is 5.79. The van der Waals surface area contributed by atoms with Gasteiger partial charge in [0.1, 0.15) is 6.10 Å². The van der Waals surface area contributed by atoms with Crippen LogP contribution in [0.4, 0.5) is 0 Å². The molecule has 0 unspecified atom stereocenters. The van der Waals surface area contributed by atoms with Crippen molar-refractivity contribution in [3.63, 3.8) is 0 Å². The van der Waals surface area contributed by atoms with Crippen LogP contribution in [0.15, 0.2) is 0 Å². The van der Waals surface area contributed by atoms with E-state index in [0.29, 0.717) is 19.2 Å². The highest BCUT2D eigenvalue weighted by Crippen LogP contribution is 2.07. The second kappa shape index (κ2) is 3.87. The second-order valence-corrected chi connectivity index (χ2v) is 3.35. The topological polar surface area (TPSA) is 55.6 Å². The van der Waals surface area contributed by atoms with Crippen LogP contribution in [0.5, 0.6) is 0 Å². The summed E-state index contributed by atoms with van der Waals surface area (Å²) in [5.41, 5.74) is 5.14. The maximum absolute atomic E-state index is 10.8. The lowest BCUT2D eigenvalue weighted by Gasteiger charge is -2.33. The van der Waals surface area contributed by atoms with Gasteiger partial charge in [-0.15, -0.1) is 0 Å². The van der Waals surface area contributed by atoms with E-state index in [9.17, 15) is 4.79 Å². The van der Waals surface area contributed by atoms with Gasteiger partial charge in [0.2, 0.25) is 5.91 Å². The maximum Gasteiger partial charge on any atom is 0.247 e. The molecule has 0 saturated carbocycles. The average Bonchev–Trinajstić information content (AvgIpc) is 2.04. The number of morpholine rings is 1. The van der Waals surface area contributed by atoms with E-state index in [0.717, 1.165) is 6.54 Å². The molecule has 0 aromatic rings. The van der Waals surface area contributed by atoms with Crippen molar-refractivity contribution in [3.05, 3.63) is 0 Å². The molecule has 1 aliphatic rings. The number of ether oxygens (including phenoxy) is 1. The monoisotopic (exact) mass is 172 g/mol. The van der Waals surface area contributed by atoms with Crippen LogP contribution >= 0.6 is 0 Å². The molecule has 1 fully saturated rings. The van der Waals surface area contributed by atoms with E-state index < -0.39 is 6.10 Å². The molecule has 0 aromatic carbocycles. The average molecular weight is 172 g/mol. The lowest BCUT2D eigenvalue weighted by atomic mass is 10.2. The predicted octanol–water partition coefficient (Wildman–Crippen LogP) is -0.419. The highest BCUT2D eigenvalue weighted by Gasteiger charge is 2.25. The summed E-state index contributed by atoms with van der Waals surface area (Å²) in [6.45, 7) is 6.33. The van der Waals surface area contributed by atoms with E-state index in [1.165, 1.54) is 0 Å². The predicted molar refractivity (Wildman–Crippen MR) is 45.6 cm³/mol. The van der Waals surface area contributed by atoms with Gasteiger partial charge in [0, 0.05) is 19.1 Å². The molecule has 1 saturated heterocycles. The number of rotatable bonds is 2. The molecule has 0 aromatic heterocycles. The van der Waals surface area contributed by atoms with Crippen LogP contribution < -0.4 is 5.73 Å². The standard InChI is InChI=1S/C8H16N2O2/c1-6(2)10-3-4-12-7(5-10)8(9)11/h6-7H,3-5H2,1-2H3,(H2,9,11)/t7-/m1/s1. The number of nitrogens with two attached hydrogens (primary N) is 1. The molecule has 2 N–H and O–H groups in total. The summed E-state index contributed by atoms with van der Waals surface area (Å²) in [7, 11) is 0. The highest BCUT2D eigenvalue weighted by atomic mass is 16.5. The van der Waals surface area contributed by atoms with Gasteiger partial charge in [-0.25, -0.2) is 0 Å².